The van der Waals surface area contributed by atoms with Crippen molar-refractivity contribution in [3.63, 3.8) is 0 Å². The SMILES string of the molecule is COC(O)[C@H](Cc1cc(I)c2c(N)ncnn12)NC(=O)OC(C)(C)C. The van der Waals surface area contributed by atoms with Crippen LogP contribution in [0.3, 0.4) is 0 Å². The second-order valence-electron chi connectivity index (χ2n) is 6.47. The number of carbonyl (C=O) groups excluding carboxylic acids is 1. The van der Waals surface area contributed by atoms with Crippen molar-refractivity contribution < 1.29 is 19.4 Å². The van der Waals surface area contributed by atoms with Crippen LogP contribution in [0.2, 0.25) is 0 Å². The summed E-state index contributed by atoms with van der Waals surface area (Å²) < 4.78 is 12.7. The van der Waals surface area contributed by atoms with Crippen LogP contribution >= 0.6 is 22.6 Å². The molecule has 2 aromatic heterocycles. The van der Waals surface area contributed by atoms with Gasteiger partial charge in [0.05, 0.1) is 6.04 Å². The normalized spacial score (nSPS) is 14.3. The number of aliphatic hydroxyl groups excluding tert-OH is 1. The average molecular weight is 463 g/mol. The lowest BCUT2D eigenvalue weighted by Crippen LogP contribution is -2.47. The minimum Gasteiger partial charge on any atom is -0.444 e. The molecule has 4 N–H and O–H groups in total. The van der Waals surface area contributed by atoms with E-state index in [0.29, 0.717) is 11.3 Å². The van der Waals surface area contributed by atoms with Crippen molar-refractivity contribution in [3.05, 3.63) is 21.7 Å². The Hall–Kier alpha value is -1.66. The van der Waals surface area contributed by atoms with Crippen LogP contribution in [-0.4, -0.2) is 50.8 Å². The molecule has 1 unspecified atom stereocenters. The number of nitrogens with one attached hydrogen (secondary N) is 1. The molecule has 1 amide bonds. The fraction of sp³-hybridized carbons (Fsp3) is 0.533. The zero-order valence-electron chi connectivity index (χ0n) is 14.5. The Bertz CT molecular complexity index is 758. The van der Waals surface area contributed by atoms with Crippen LogP contribution in [-0.2, 0) is 15.9 Å². The second-order valence-corrected chi connectivity index (χ2v) is 7.63. The number of nitrogen functional groups attached to an aromatic ring is 1. The van der Waals surface area contributed by atoms with Gasteiger partial charge in [0.25, 0.3) is 0 Å². The Morgan fingerprint density at radius 3 is 2.80 bits per heavy atom. The van der Waals surface area contributed by atoms with Crippen molar-refractivity contribution in [1.82, 2.24) is 19.9 Å². The van der Waals surface area contributed by atoms with Crippen molar-refractivity contribution in [3.8, 4) is 0 Å². The van der Waals surface area contributed by atoms with Gasteiger partial charge in [0.1, 0.15) is 17.4 Å². The predicted molar refractivity (Wildman–Crippen MR) is 100.0 cm³/mol. The lowest BCUT2D eigenvalue weighted by atomic mass is 10.1. The van der Waals surface area contributed by atoms with Crippen molar-refractivity contribution >= 4 is 40.0 Å². The molecule has 0 aromatic carbocycles. The number of nitrogens with two attached hydrogens (primary N) is 1. The molecule has 25 heavy (non-hydrogen) atoms. The van der Waals surface area contributed by atoms with Crippen molar-refractivity contribution in [2.45, 2.75) is 45.1 Å². The summed E-state index contributed by atoms with van der Waals surface area (Å²) in [4.78, 5) is 16.0. The lowest BCUT2D eigenvalue weighted by molar-refractivity contribution is -0.0970. The van der Waals surface area contributed by atoms with Gasteiger partial charge in [0, 0.05) is 22.8 Å². The van der Waals surface area contributed by atoms with E-state index in [-0.39, 0.29) is 6.42 Å². The summed E-state index contributed by atoms with van der Waals surface area (Å²) in [6, 6.07) is 1.14. The summed E-state index contributed by atoms with van der Waals surface area (Å²) in [5.74, 6) is 0.356. The van der Waals surface area contributed by atoms with Crippen LogP contribution in [0.25, 0.3) is 5.52 Å². The molecular weight excluding hydrogens is 441 g/mol. The third-order valence-corrected chi connectivity index (χ3v) is 4.15. The molecule has 0 aliphatic heterocycles. The molecule has 2 aromatic rings. The summed E-state index contributed by atoms with van der Waals surface area (Å²) in [6.45, 7) is 5.28. The first-order chi connectivity index (χ1) is 11.6. The Morgan fingerprint density at radius 1 is 1.52 bits per heavy atom. The number of aromatic nitrogens is 3. The molecule has 0 saturated heterocycles. The molecule has 0 aliphatic rings. The number of fused-ring (bicyclic) bond motifs is 1. The topological polar surface area (TPSA) is 124 Å². The van der Waals surface area contributed by atoms with Crippen molar-refractivity contribution in [2.24, 2.45) is 0 Å². The maximum atomic E-state index is 12.0. The standard InChI is InChI=1S/C15H22IN5O4/c1-15(2,3)25-14(23)20-10(13(22)24-4)6-8-5-9(16)11-12(17)18-7-19-21(8)11/h5,7,10,13,22H,6H2,1-4H3,(H,20,23)(H2,17,18,19)/t10-,13?/m0/s1. The van der Waals surface area contributed by atoms with Crippen LogP contribution in [0.4, 0.5) is 10.6 Å². The van der Waals surface area contributed by atoms with Crippen LogP contribution in [0.5, 0.6) is 0 Å². The van der Waals surface area contributed by atoms with Gasteiger partial charge in [-0.05, 0) is 49.4 Å². The number of aliphatic hydroxyl groups is 1. The van der Waals surface area contributed by atoms with E-state index in [0.717, 1.165) is 9.26 Å². The Morgan fingerprint density at radius 2 is 2.20 bits per heavy atom. The summed E-state index contributed by atoms with van der Waals surface area (Å²) in [5, 5.41) is 16.9. The van der Waals surface area contributed by atoms with Gasteiger partial charge in [0.15, 0.2) is 12.1 Å². The predicted octanol–water partition coefficient (Wildman–Crippen LogP) is 1.32. The van der Waals surface area contributed by atoms with Crippen LogP contribution < -0.4 is 11.1 Å². The number of alkyl carbamates (subject to hydrolysis) is 1. The number of halogens is 1. The van der Waals surface area contributed by atoms with Gasteiger partial charge in [-0.3, -0.25) is 0 Å². The monoisotopic (exact) mass is 463 g/mol. The summed E-state index contributed by atoms with van der Waals surface area (Å²) in [6.07, 6.45) is -0.243. The first kappa shape index (κ1) is 19.7. The smallest absolute Gasteiger partial charge is 0.408 e. The fourth-order valence-corrected chi connectivity index (χ4v) is 3.17. The fourth-order valence-electron chi connectivity index (χ4n) is 2.30. The minimum atomic E-state index is -1.21. The molecule has 10 heteroatoms. The first-order valence-corrected chi connectivity index (χ1v) is 8.67. The number of amides is 1. The molecule has 0 radical (unpaired) electrons. The van der Waals surface area contributed by atoms with E-state index in [1.165, 1.54) is 13.4 Å². The largest absolute Gasteiger partial charge is 0.444 e. The van der Waals surface area contributed by atoms with Crippen LogP contribution in [0.1, 0.15) is 26.5 Å². The molecule has 9 nitrogen and oxygen atoms in total. The molecule has 0 fully saturated rings. The number of hydrogen-bond donors (Lipinski definition) is 3. The highest BCUT2D eigenvalue weighted by Gasteiger charge is 2.26. The molecule has 0 aliphatic carbocycles. The second kappa shape index (κ2) is 7.70. The molecule has 2 atom stereocenters. The van der Waals surface area contributed by atoms with Crippen molar-refractivity contribution in [1.29, 1.82) is 0 Å². The van der Waals surface area contributed by atoms with E-state index < -0.39 is 24.0 Å². The highest BCUT2D eigenvalue weighted by atomic mass is 127. The maximum Gasteiger partial charge on any atom is 0.408 e. The number of ether oxygens (including phenoxy) is 2. The highest BCUT2D eigenvalue weighted by Crippen LogP contribution is 2.23. The van der Waals surface area contributed by atoms with E-state index in [1.54, 1.807) is 25.3 Å². The van der Waals surface area contributed by atoms with E-state index in [4.69, 9.17) is 15.2 Å². The number of rotatable bonds is 5. The Kier molecular flexibility index (Phi) is 6.06. The van der Waals surface area contributed by atoms with Crippen LogP contribution in [0, 0.1) is 3.57 Å². The number of anilines is 1. The average Bonchev–Trinajstić information content (AvgIpc) is 2.81. The molecule has 138 valence electrons. The summed E-state index contributed by atoms with van der Waals surface area (Å²) in [5.41, 5.74) is 6.67. The molecular formula is C15H22IN5O4. The molecule has 0 spiro atoms. The van der Waals surface area contributed by atoms with E-state index in [2.05, 4.69) is 38.0 Å². The van der Waals surface area contributed by atoms with E-state index in [1.807, 2.05) is 6.07 Å². The third kappa shape index (κ3) is 4.92. The number of nitrogens with zero attached hydrogens (tertiary/aromatic N) is 3. The van der Waals surface area contributed by atoms with Crippen LogP contribution in [0.15, 0.2) is 12.4 Å². The van der Waals surface area contributed by atoms with Gasteiger partial charge in [0.2, 0.25) is 0 Å². The third-order valence-electron chi connectivity index (χ3n) is 3.33. The zero-order chi connectivity index (χ0) is 18.8. The van der Waals surface area contributed by atoms with Crippen molar-refractivity contribution in [2.75, 3.05) is 12.8 Å². The van der Waals surface area contributed by atoms with Gasteiger partial charge < -0.3 is 25.6 Å². The quantitative estimate of drug-likeness (QED) is 0.451. The van der Waals surface area contributed by atoms with Gasteiger partial charge in [-0.1, -0.05) is 0 Å². The Labute approximate surface area is 159 Å². The van der Waals surface area contributed by atoms with E-state index in [9.17, 15) is 9.90 Å². The zero-order valence-corrected chi connectivity index (χ0v) is 16.6. The minimum absolute atomic E-state index is 0.259. The maximum absolute atomic E-state index is 12.0. The van der Waals surface area contributed by atoms with Gasteiger partial charge in [-0.25, -0.2) is 14.3 Å². The molecule has 0 bridgehead atoms. The van der Waals surface area contributed by atoms with E-state index >= 15 is 0 Å². The lowest BCUT2D eigenvalue weighted by Gasteiger charge is -2.25. The summed E-state index contributed by atoms with van der Waals surface area (Å²) in [7, 11) is 1.36. The first-order valence-electron chi connectivity index (χ1n) is 7.59. The molecule has 2 rings (SSSR count). The van der Waals surface area contributed by atoms with Gasteiger partial charge >= 0.3 is 6.09 Å². The van der Waals surface area contributed by atoms with Gasteiger partial charge in [-0.15, -0.1) is 0 Å². The molecule has 0 saturated carbocycles. The number of methoxy groups -OCH3 is 1. The summed E-state index contributed by atoms with van der Waals surface area (Å²) >= 11 is 2.13. The Balaban J connectivity index is 2.26. The molecule has 2 heterocycles. The number of hydrogen-bond acceptors (Lipinski definition) is 7. The highest BCUT2D eigenvalue weighted by molar-refractivity contribution is 14.1. The van der Waals surface area contributed by atoms with Gasteiger partial charge in [-0.2, -0.15) is 5.10 Å². The number of carbonyl (C=O) groups is 1.